The summed E-state index contributed by atoms with van der Waals surface area (Å²) in [6.07, 6.45) is 0.282. The summed E-state index contributed by atoms with van der Waals surface area (Å²) < 4.78 is 2.73. The highest BCUT2D eigenvalue weighted by molar-refractivity contribution is 9.10. The number of aryl methyl sites for hydroxylation is 1. The van der Waals surface area contributed by atoms with E-state index in [1.165, 1.54) is 0 Å². The summed E-state index contributed by atoms with van der Waals surface area (Å²) >= 11 is 3.39. The van der Waals surface area contributed by atoms with Crippen molar-refractivity contribution in [1.29, 1.82) is 0 Å². The van der Waals surface area contributed by atoms with Crippen LogP contribution in [-0.4, -0.2) is 26.6 Å². The molecule has 1 N–H and O–H groups in total. The van der Waals surface area contributed by atoms with Crippen molar-refractivity contribution < 1.29 is 4.79 Å². The van der Waals surface area contributed by atoms with Crippen LogP contribution in [0.5, 0.6) is 0 Å². The first-order valence-electron chi connectivity index (χ1n) is 7.51. The zero-order chi connectivity index (χ0) is 16.9. The lowest BCUT2D eigenvalue weighted by Gasteiger charge is -2.04. The molecule has 0 spiro atoms. The molecule has 0 radical (unpaired) electrons. The van der Waals surface area contributed by atoms with E-state index < -0.39 is 0 Å². The minimum Gasteiger partial charge on any atom is -0.273 e. The van der Waals surface area contributed by atoms with Gasteiger partial charge in [0.15, 0.2) is 0 Å². The average Bonchev–Trinajstić information content (AvgIpc) is 3.01. The zero-order valence-electron chi connectivity index (χ0n) is 13.1. The highest BCUT2D eigenvalue weighted by Gasteiger charge is 2.06. The highest BCUT2D eigenvalue weighted by Crippen LogP contribution is 2.11. The Balaban J connectivity index is 1.57. The molecule has 2 aromatic carbocycles. The number of aromatic nitrogens is 3. The quantitative estimate of drug-likeness (QED) is 0.541. The molecule has 0 aliphatic heterocycles. The van der Waals surface area contributed by atoms with E-state index in [1.54, 1.807) is 4.68 Å². The fourth-order valence-electron chi connectivity index (χ4n) is 2.25. The third kappa shape index (κ3) is 3.86. The Morgan fingerprint density at radius 3 is 2.75 bits per heavy atom. The average molecular weight is 386 g/mol. The number of hydrogen-bond acceptors (Lipinski definition) is 4. The van der Waals surface area contributed by atoms with E-state index in [0.717, 1.165) is 26.8 Å². The predicted octanol–water partition coefficient (Wildman–Crippen LogP) is 3.12. The van der Waals surface area contributed by atoms with E-state index in [9.17, 15) is 4.79 Å². The van der Waals surface area contributed by atoms with Crippen LogP contribution in [0.15, 0.2) is 58.1 Å². The van der Waals surface area contributed by atoms with Crippen molar-refractivity contribution in [1.82, 2.24) is 20.4 Å². The van der Waals surface area contributed by atoms with Crippen molar-refractivity contribution in [3.8, 4) is 0 Å². The Morgan fingerprint density at radius 1 is 1.21 bits per heavy atom. The van der Waals surface area contributed by atoms with Crippen LogP contribution in [0.1, 0.15) is 18.9 Å². The number of para-hydroxylation sites is 1. The van der Waals surface area contributed by atoms with E-state index in [-0.39, 0.29) is 12.3 Å². The van der Waals surface area contributed by atoms with Crippen molar-refractivity contribution in [2.75, 3.05) is 0 Å². The SMILES string of the molecule is C/C(=N/NC(=O)CCn1nnc2ccccc21)c1ccc(Br)cc1. The number of rotatable bonds is 5. The molecule has 24 heavy (non-hydrogen) atoms. The van der Waals surface area contributed by atoms with Crippen molar-refractivity contribution in [3.05, 3.63) is 58.6 Å². The number of fused-ring (bicyclic) bond motifs is 1. The molecule has 0 aliphatic rings. The molecular formula is C17H16BrN5O. The smallest absolute Gasteiger partial charge is 0.241 e. The van der Waals surface area contributed by atoms with Crippen molar-refractivity contribution in [3.63, 3.8) is 0 Å². The Bertz CT molecular complexity index is 885. The van der Waals surface area contributed by atoms with Gasteiger partial charge in [-0.25, -0.2) is 10.1 Å². The molecule has 1 aromatic heterocycles. The van der Waals surface area contributed by atoms with Gasteiger partial charge in [-0.3, -0.25) is 4.79 Å². The Morgan fingerprint density at radius 2 is 1.96 bits per heavy atom. The number of carbonyl (C=O) groups excluding carboxylic acids is 1. The van der Waals surface area contributed by atoms with Crippen LogP contribution < -0.4 is 5.43 Å². The summed E-state index contributed by atoms with van der Waals surface area (Å²) in [5.41, 5.74) is 6.03. The van der Waals surface area contributed by atoms with E-state index >= 15 is 0 Å². The third-order valence-electron chi connectivity index (χ3n) is 3.58. The zero-order valence-corrected chi connectivity index (χ0v) is 14.7. The largest absolute Gasteiger partial charge is 0.273 e. The van der Waals surface area contributed by atoms with Crippen molar-refractivity contribution in [2.24, 2.45) is 5.10 Å². The summed E-state index contributed by atoms with van der Waals surface area (Å²) in [7, 11) is 0. The lowest BCUT2D eigenvalue weighted by atomic mass is 10.1. The maximum atomic E-state index is 12.0. The molecule has 0 atom stereocenters. The topological polar surface area (TPSA) is 72.2 Å². The molecular weight excluding hydrogens is 370 g/mol. The number of carbonyl (C=O) groups is 1. The summed E-state index contributed by atoms with van der Waals surface area (Å²) in [5, 5.41) is 12.3. The van der Waals surface area contributed by atoms with Gasteiger partial charge >= 0.3 is 0 Å². The van der Waals surface area contributed by atoms with Gasteiger partial charge in [-0.2, -0.15) is 5.10 Å². The number of amides is 1. The minimum absolute atomic E-state index is 0.161. The Labute approximate surface area is 147 Å². The van der Waals surface area contributed by atoms with Crippen LogP contribution in [0.4, 0.5) is 0 Å². The Hall–Kier alpha value is -2.54. The third-order valence-corrected chi connectivity index (χ3v) is 4.11. The standard InChI is InChI=1S/C17H16BrN5O/c1-12(13-6-8-14(18)9-7-13)19-21-17(24)10-11-23-16-5-3-2-4-15(16)20-22-23/h2-9H,10-11H2,1H3,(H,21,24)/b19-12-. The number of hydrogen-bond donors (Lipinski definition) is 1. The maximum absolute atomic E-state index is 12.0. The molecule has 122 valence electrons. The molecule has 7 heteroatoms. The Kier molecular flexibility index (Phi) is 5.00. The fourth-order valence-corrected chi connectivity index (χ4v) is 2.51. The van der Waals surface area contributed by atoms with E-state index in [0.29, 0.717) is 6.54 Å². The van der Waals surface area contributed by atoms with E-state index in [1.807, 2.05) is 55.5 Å². The van der Waals surface area contributed by atoms with Crippen LogP contribution in [0.3, 0.4) is 0 Å². The van der Waals surface area contributed by atoms with Gasteiger partial charge in [-0.1, -0.05) is 45.4 Å². The number of halogens is 1. The number of hydrazone groups is 1. The second-order valence-corrected chi connectivity index (χ2v) is 6.21. The molecule has 0 bridgehead atoms. The van der Waals surface area contributed by atoms with Gasteiger partial charge in [-0.15, -0.1) is 5.10 Å². The predicted molar refractivity (Wildman–Crippen MR) is 96.6 cm³/mol. The lowest BCUT2D eigenvalue weighted by Crippen LogP contribution is -2.21. The molecule has 3 rings (SSSR count). The molecule has 0 fully saturated rings. The molecule has 3 aromatic rings. The molecule has 0 unspecified atom stereocenters. The van der Waals surface area contributed by atoms with Gasteiger partial charge in [-0.05, 0) is 36.8 Å². The van der Waals surface area contributed by atoms with Gasteiger partial charge < -0.3 is 0 Å². The molecule has 1 heterocycles. The molecule has 1 amide bonds. The van der Waals surface area contributed by atoms with Crippen LogP contribution in [0.25, 0.3) is 11.0 Å². The van der Waals surface area contributed by atoms with Gasteiger partial charge in [0.2, 0.25) is 5.91 Å². The van der Waals surface area contributed by atoms with Crippen LogP contribution in [0, 0.1) is 0 Å². The van der Waals surface area contributed by atoms with E-state index in [2.05, 4.69) is 36.8 Å². The van der Waals surface area contributed by atoms with E-state index in [4.69, 9.17) is 0 Å². The summed E-state index contributed by atoms with van der Waals surface area (Å²) in [4.78, 5) is 12.0. The second-order valence-electron chi connectivity index (χ2n) is 5.29. The monoisotopic (exact) mass is 385 g/mol. The molecule has 0 saturated heterocycles. The fraction of sp³-hybridized carbons (Fsp3) is 0.176. The number of nitrogens with zero attached hydrogens (tertiary/aromatic N) is 4. The summed E-state index contributed by atoms with van der Waals surface area (Å²) in [6, 6.07) is 15.4. The first kappa shape index (κ1) is 16.3. The van der Waals surface area contributed by atoms with Gasteiger partial charge in [0, 0.05) is 10.9 Å². The van der Waals surface area contributed by atoms with Gasteiger partial charge in [0.1, 0.15) is 5.52 Å². The minimum atomic E-state index is -0.161. The highest BCUT2D eigenvalue weighted by atomic mass is 79.9. The molecule has 6 nitrogen and oxygen atoms in total. The van der Waals surface area contributed by atoms with Crippen molar-refractivity contribution >= 4 is 38.6 Å². The van der Waals surface area contributed by atoms with Crippen LogP contribution in [-0.2, 0) is 11.3 Å². The second kappa shape index (κ2) is 7.35. The normalized spacial score (nSPS) is 11.7. The van der Waals surface area contributed by atoms with Crippen LogP contribution >= 0.6 is 15.9 Å². The molecule has 0 saturated carbocycles. The first-order valence-corrected chi connectivity index (χ1v) is 8.30. The summed E-state index contributed by atoms with van der Waals surface area (Å²) in [5.74, 6) is -0.161. The van der Waals surface area contributed by atoms with Crippen LogP contribution in [0.2, 0.25) is 0 Å². The summed E-state index contributed by atoms with van der Waals surface area (Å²) in [6.45, 7) is 2.31. The number of nitrogens with one attached hydrogen (secondary N) is 1. The van der Waals surface area contributed by atoms with Crippen molar-refractivity contribution in [2.45, 2.75) is 19.9 Å². The van der Waals surface area contributed by atoms with Gasteiger partial charge in [0.05, 0.1) is 17.8 Å². The number of benzene rings is 2. The lowest BCUT2D eigenvalue weighted by molar-refractivity contribution is -0.121. The molecule has 0 aliphatic carbocycles. The van der Waals surface area contributed by atoms with Gasteiger partial charge in [0.25, 0.3) is 0 Å². The maximum Gasteiger partial charge on any atom is 0.241 e. The first-order chi connectivity index (χ1) is 11.6.